The Morgan fingerprint density at radius 2 is 1.61 bits per heavy atom. The molecule has 23 heavy (non-hydrogen) atoms. The van der Waals surface area contributed by atoms with Crippen molar-refractivity contribution in [3.63, 3.8) is 0 Å². The first-order valence-corrected chi connectivity index (χ1v) is 8.80. The number of rotatable bonds is 1. The van der Waals surface area contributed by atoms with Crippen LogP contribution in [-0.4, -0.2) is 9.97 Å². The van der Waals surface area contributed by atoms with Gasteiger partial charge in [-0.1, -0.05) is 50.2 Å². The van der Waals surface area contributed by atoms with Crippen molar-refractivity contribution in [3.8, 4) is 22.4 Å². The second-order valence-electron chi connectivity index (χ2n) is 6.59. The zero-order valence-corrected chi connectivity index (χ0v) is 15.5. The molecule has 2 aromatic carbocycles. The van der Waals surface area contributed by atoms with E-state index in [4.69, 9.17) is 0 Å². The Balaban J connectivity index is 1.92. The third kappa shape index (κ3) is 2.29. The highest BCUT2D eigenvalue weighted by Crippen LogP contribution is 2.49. The van der Waals surface area contributed by atoms with Gasteiger partial charge in [0.05, 0.1) is 5.69 Å². The third-order valence-corrected chi connectivity index (χ3v) is 5.19. The van der Waals surface area contributed by atoms with E-state index in [-0.39, 0.29) is 5.41 Å². The molecule has 1 aromatic heterocycles. The minimum absolute atomic E-state index is 0.0250. The van der Waals surface area contributed by atoms with Gasteiger partial charge in [0.1, 0.15) is 0 Å². The Labute approximate surface area is 150 Å². The van der Waals surface area contributed by atoms with Gasteiger partial charge < -0.3 is 0 Å². The number of halogens is 1. The van der Waals surface area contributed by atoms with E-state index < -0.39 is 0 Å². The number of hydrogen-bond acceptors (Lipinski definition) is 2. The number of hydrogen-bond donors (Lipinski definition) is 0. The summed E-state index contributed by atoms with van der Waals surface area (Å²) >= 11 is 2.18. The highest BCUT2D eigenvalue weighted by molar-refractivity contribution is 14.1. The van der Waals surface area contributed by atoms with Crippen LogP contribution in [0.1, 0.15) is 30.7 Å². The maximum Gasteiger partial charge on any atom is 0.191 e. The van der Waals surface area contributed by atoms with Crippen LogP contribution in [0.15, 0.2) is 48.5 Å². The van der Waals surface area contributed by atoms with Crippen molar-refractivity contribution >= 4 is 22.6 Å². The van der Waals surface area contributed by atoms with Gasteiger partial charge >= 0.3 is 0 Å². The van der Waals surface area contributed by atoms with Crippen molar-refractivity contribution in [3.05, 3.63) is 69.2 Å². The smallest absolute Gasteiger partial charge is 0.191 e. The van der Waals surface area contributed by atoms with Crippen LogP contribution >= 0.6 is 22.6 Å². The van der Waals surface area contributed by atoms with Gasteiger partial charge in [-0.25, -0.2) is 9.97 Å². The fourth-order valence-corrected chi connectivity index (χ4v) is 4.18. The molecule has 1 heterocycles. The van der Waals surface area contributed by atoms with E-state index in [0.717, 1.165) is 20.8 Å². The maximum absolute atomic E-state index is 4.60. The molecule has 1 aliphatic rings. The summed E-state index contributed by atoms with van der Waals surface area (Å²) in [7, 11) is 0. The lowest BCUT2D eigenvalue weighted by Crippen LogP contribution is -2.14. The van der Waals surface area contributed by atoms with E-state index in [1.54, 1.807) is 0 Å². The highest BCUT2D eigenvalue weighted by atomic mass is 127. The molecule has 114 valence electrons. The van der Waals surface area contributed by atoms with E-state index in [1.807, 2.05) is 6.92 Å². The lowest BCUT2D eigenvalue weighted by molar-refractivity contribution is 0.660. The first-order valence-electron chi connectivity index (χ1n) is 7.73. The topological polar surface area (TPSA) is 25.8 Å². The number of aromatic nitrogens is 2. The summed E-state index contributed by atoms with van der Waals surface area (Å²) in [6.45, 7) is 6.62. The van der Waals surface area contributed by atoms with Crippen LogP contribution in [0, 0.1) is 10.8 Å². The van der Waals surface area contributed by atoms with Gasteiger partial charge in [-0.15, -0.1) is 0 Å². The summed E-state index contributed by atoms with van der Waals surface area (Å²) in [4.78, 5) is 8.97. The van der Waals surface area contributed by atoms with E-state index >= 15 is 0 Å². The van der Waals surface area contributed by atoms with Crippen molar-refractivity contribution in [2.45, 2.75) is 26.2 Å². The molecule has 4 rings (SSSR count). The fourth-order valence-electron chi connectivity index (χ4n) is 3.54. The molecule has 0 saturated heterocycles. The maximum atomic E-state index is 4.60. The average molecular weight is 412 g/mol. The number of aryl methyl sites for hydroxylation is 1. The van der Waals surface area contributed by atoms with E-state index in [9.17, 15) is 0 Å². The highest BCUT2D eigenvalue weighted by Gasteiger charge is 2.35. The van der Waals surface area contributed by atoms with Gasteiger partial charge in [-0.3, -0.25) is 0 Å². The first kappa shape index (κ1) is 14.8. The summed E-state index contributed by atoms with van der Waals surface area (Å²) in [5.41, 5.74) is 8.66. The summed E-state index contributed by atoms with van der Waals surface area (Å²) < 4.78 is 0.792. The van der Waals surface area contributed by atoms with E-state index in [1.165, 1.54) is 22.3 Å². The average Bonchev–Trinajstić information content (AvgIpc) is 2.75. The summed E-state index contributed by atoms with van der Waals surface area (Å²) in [5.74, 6) is 0. The predicted octanol–water partition coefficient (Wildman–Crippen LogP) is 5.36. The SMILES string of the molecule is Cc1cc(-c2ccc3c(c2)C(C)(C)c2ccccc2-3)nc(I)n1. The predicted molar refractivity (Wildman–Crippen MR) is 102 cm³/mol. The lowest BCUT2D eigenvalue weighted by Gasteiger charge is -2.21. The minimum Gasteiger partial charge on any atom is -0.228 e. The molecule has 0 amide bonds. The molecule has 3 aromatic rings. The number of fused-ring (bicyclic) bond motifs is 3. The van der Waals surface area contributed by atoms with Crippen molar-refractivity contribution in [2.24, 2.45) is 0 Å². The fraction of sp³-hybridized carbons (Fsp3) is 0.200. The van der Waals surface area contributed by atoms with E-state index in [0.29, 0.717) is 0 Å². The van der Waals surface area contributed by atoms with Crippen molar-refractivity contribution in [1.82, 2.24) is 9.97 Å². The van der Waals surface area contributed by atoms with Gasteiger partial charge in [-0.2, -0.15) is 0 Å². The zero-order chi connectivity index (χ0) is 16.2. The monoisotopic (exact) mass is 412 g/mol. The van der Waals surface area contributed by atoms with Crippen LogP contribution in [0.2, 0.25) is 0 Å². The van der Waals surface area contributed by atoms with E-state index in [2.05, 4.69) is 94.9 Å². The molecule has 0 atom stereocenters. The molecule has 0 fully saturated rings. The van der Waals surface area contributed by atoms with Gasteiger partial charge in [0, 0.05) is 39.3 Å². The number of benzene rings is 2. The van der Waals surface area contributed by atoms with Crippen molar-refractivity contribution < 1.29 is 0 Å². The molecule has 0 unspecified atom stereocenters. The van der Waals surface area contributed by atoms with Crippen LogP contribution in [0.4, 0.5) is 0 Å². The van der Waals surface area contributed by atoms with Crippen LogP contribution in [0.25, 0.3) is 22.4 Å². The molecule has 3 heteroatoms. The molecule has 0 bridgehead atoms. The standard InChI is InChI=1S/C20H17IN2/c1-12-10-18(23-19(21)22-12)13-8-9-15-14-6-4-5-7-16(14)20(2,3)17(15)11-13/h4-11H,1-3H3. The summed E-state index contributed by atoms with van der Waals surface area (Å²) in [5, 5.41) is 0. The van der Waals surface area contributed by atoms with Gasteiger partial charge in [0.15, 0.2) is 3.83 Å². The molecular formula is C20H17IN2. The van der Waals surface area contributed by atoms with Crippen molar-refractivity contribution in [1.29, 1.82) is 0 Å². The lowest BCUT2D eigenvalue weighted by atomic mass is 9.82. The van der Waals surface area contributed by atoms with Gasteiger partial charge in [0.2, 0.25) is 0 Å². The molecule has 0 radical (unpaired) electrons. The molecular weight excluding hydrogens is 395 g/mol. The molecule has 2 nitrogen and oxygen atoms in total. The Hall–Kier alpha value is -1.75. The van der Waals surface area contributed by atoms with Crippen LogP contribution in [0.5, 0.6) is 0 Å². The quantitative estimate of drug-likeness (QED) is 0.397. The summed E-state index contributed by atoms with van der Waals surface area (Å²) in [6, 6.07) is 17.5. The second-order valence-corrected chi connectivity index (χ2v) is 7.56. The largest absolute Gasteiger partial charge is 0.228 e. The Kier molecular flexibility index (Phi) is 3.30. The first-order chi connectivity index (χ1) is 11.0. The Bertz CT molecular complexity index is 908. The van der Waals surface area contributed by atoms with Crippen LogP contribution in [0.3, 0.4) is 0 Å². The van der Waals surface area contributed by atoms with Gasteiger partial charge in [0.25, 0.3) is 0 Å². The van der Waals surface area contributed by atoms with Crippen LogP contribution < -0.4 is 0 Å². The molecule has 1 aliphatic carbocycles. The molecule has 0 spiro atoms. The normalized spacial score (nSPS) is 14.4. The summed E-state index contributed by atoms with van der Waals surface area (Å²) in [6.07, 6.45) is 0. The van der Waals surface area contributed by atoms with Crippen LogP contribution in [-0.2, 0) is 5.41 Å². The Morgan fingerprint density at radius 1 is 0.870 bits per heavy atom. The molecule has 0 aliphatic heterocycles. The van der Waals surface area contributed by atoms with Crippen molar-refractivity contribution in [2.75, 3.05) is 0 Å². The third-order valence-electron chi connectivity index (χ3n) is 4.71. The second kappa shape index (κ2) is 5.13. The zero-order valence-electron chi connectivity index (χ0n) is 13.4. The van der Waals surface area contributed by atoms with Gasteiger partial charge in [-0.05, 0) is 41.3 Å². The molecule has 0 N–H and O–H groups in total. The minimum atomic E-state index is 0.0250. The molecule has 0 saturated carbocycles. The number of nitrogens with zero attached hydrogens (tertiary/aromatic N) is 2. The Morgan fingerprint density at radius 3 is 2.39 bits per heavy atom.